The van der Waals surface area contributed by atoms with Gasteiger partial charge in [0.25, 0.3) is 0 Å². The molecule has 0 saturated heterocycles. The van der Waals surface area contributed by atoms with E-state index >= 15 is 0 Å². The Morgan fingerprint density at radius 1 is 1.25 bits per heavy atom. The van der Waals surface area contributed by atoms with Crippen LogP contribution in [0.3, 0.4) is 0 Å². The molecule has 1 aromatic carbocycles. The Morgan fingerprint density at radius 3 is 2.56 bits per heavy atom. The summed E-state index contributed by atoms with van der Waals surface area (Å²) in [5.74, 6) is 0. The maximum Gasteiger partial charge on any atom is 0.363 e. The normalized spacial score (nSPS) is 11.9. The lowest BCUT2D eigenvalue weighted by atomic mass is 10.2. The van der Waals surface area contributed by atoms with Crippen molar-refractivity contribution in [2.45, 2.75) is 6.92 Å². The molecule has 0 aliphatic rings. The highest BCUT2D eigenvalue weighted by Crippen LogP contribution is 2.32. The summed E-state index contributed by atoms with van der Waals surface area (Å²) >= 11 is 0. The molecule has 0 bridgehead atoms. The molecule has 0 spiro atoms. The van der Waals surface area contributed by atoms with E-state index in [-0.39, 0.29) is 0 Å². The fourth-order valence-electron chi connectivity index (χ4n) is 1.41. The van der Waals surface area contributed by atoms with Gasteiger partial charge in [0, 0.05) is 5.39 Å². The molecule has 0 unspecified atom stereocenters. The molecule has 0 aliphatic carbocycles. The van der Waals surface area contributed by atoms with Gasteiger partial charge in [-0.3, -0.25) is 4.57 Å². The minimum absolute atomic E-state index is 0.321. The van der Waals surface area contributed by atoms with E-state index in [0.717, 1.165) is 5.56 Å². The first-order chi connectivity index (χ1) is 7.38. The zero-order valence-corrected chi connectivity index (χ0v) is 9.27. The second-order valence-electron chi connectivity index (χ2n) is 3.50. The lowest BCUT2D eigenvalue weighted by Crippen LogP contribution is -2.23. The first-order valence-corrected chi connectivity index (χ1v) is 6.10. The second-order valence-corrected chi connectivity index (χ2v) is 5.07. The van der Waals surface area contributed by atoms with Gasteiger partial charge < -0.3 is 14.2 Å². The Labute approximate surface area is 90.5 Å². The van der Waals surface area contributed by atoms with E-state index in [9.17, 15) is 9.36 Å². The highest BCUT2D eigenvalue weighted by molar-refractivity contribution is 7.60. The highest BCUT2D eigenvalue weighted by atomic mass is 31.2. The molecule has 1 heterocycles. The molecule has 6 heteroatoms. The van der Waals surface area contributed by atoms with Gasteiger partial charge in [-0.2, -0.15) is 0 Å². The Kier molecular flexibility index (Phi) is 2.46. The maximum absolute atomic E-state index is 11.3. The maximum atomic E-state index is 11.3. The minimum atomic E-state index is -4.58. The van der Waals surface area contributed by atoms with Gasteiger partial charge in [0.1, 0.15) is 10.9 Å². The van der Waals surface area contributed by atoms with Crippen molar-refractivity contribution in [2.24, 2.45) is 0 Å². The van der Waals surface area contributed by atoms with Gasteiger partial charge in [0.15, 0.2) is 0 Å². The van der Waals surface area contributed by atoms with Crippen molar-refractivity contribution < 1.29 is 18.8 Å². The zero-order valence-electron chi connectivity index (χ0n) is 8.38. The molecule has 0 atom stereocenters. The lowest BCUT2D eigenvalue weighted by Gasteiger charge is -2.03. The topological polar surface area (TPSA) is 87.7 Å². The van der Waals surface area contributed by atoms with E-state index < -0.39 is 18.5 Å². The van der Waals surface area contributed by atoms with E-state index in [1.54, 1.807) is 18.2 Å². The number of fused-ring (bicyclic) bond motifs is 1. The van der Waals surface area contributed by atoms with Crippen molar-refractivity contribution in [1.82, 2.24) is 0 Å². The first kappa shape index (κ1) is 11.1. The SMILES string of the molecule is Cc1ccc2cc(P(=O)(O)O)c(=O)oc2c1. The Bertz CT molecular complexity index is 652. The lowest BCUT2D eigenvalue weighted by molar-refractivity contribution is 0.385. The van der Waals surface area contributed by atoms with E-state index in [1.807, 2.05) is 6.92 Å². The van der Waals surface area contributed by atoms with E-state index in [4.69, 9.17) is 14.2 Å². The van der Waals surface area contributed by atoms with Crippen molar-refractivity contribution in [3.05, 3.63) is 40.2 Å². The summed E-state index contributed by atoms with van der Waals surface area (Å²) in [6.07, 6.45) is 0. The standard InChI is InChI=1S/C10H9O5P/c1-6-2-3-7-5-9(16(12,13)14)10(11)15-8(7)4-6/h2-5H,1H3,(H2,12,13,14). The van der Waals surface area contributed by atoms with Crippen molar-refractivity contribution in [3.63, 3.8) is 0 Å². The molecule has 0 amide bonds. The fraction of sp³-hybridized carbons (Fsp3) is 0.100. The molecule has 5 nitrogen and oxygen atoms in total. The molecular formula is C10H9O5P. The predicted octanol–water partition coefficient (Wildman–Crippen LogP) is 0.904. The van der Waals surface area contributed by atoms with E-state index in [1.165, 1.54) is 6.07 Å². The summed E-state index contributed by atoms with van der Waals surface area (Å²) in [6, 6.07) is 6.22. The summed E-state index contributed by atoms with van der Waals surface area (Å²) in [5.41, 5.74) is 0.230. The summed E-state index contributed by atoms with van der Waals surface area (Å²) in [7, 11) is -4.58. The molecule has 0 saturated carbocycles. The van der Waals surface area contributed by atoms with Crippen molar-refractivity contribution in [3.8, 4) is 0 Å². The second kappa shape index (κ2) is 3.56. The first-order valence-electron chi connectivity index (χ1n) is 4.48. The number of rotatable bonds is 1. The number of aryl methyl sites for hydroxylation is 1. The van der Waals surface area contributed by atoms with E-state index in [0.29, 0.717) is 11.0 Å². The van der Waals surface area contributed by atoms with Crippen molar-refractivity contribution in [2.75, 3.05) is 0 Å². The van der Waals surface area contributed by atoms with Crippen LogP contribution in [0.2, 0.25) is 0 Å². The average molecular weight is 240 g/mol. The molecule has 84 valence electrons. The number of hydrogen-bond donors (Lipinski definition) is 2. The molecule has 2 rings (SSSR count). The molecule has 16 heavy (non-hydrogen) atoms. The van der Waals surface area contributed by atoms with Crippen molar-refractivity contribution >= 4 is 23.9 Å². The van der Waals surface area contributed by atoms with Gasteiger partial charge in [0.2, 0.25) is 0 Å². The summed E-state index contributed by atoms with van der Waals surface area (Å²) in [6.45, 7) is 1.83. The van der Waals surface area contributed by atoms with Crippen LogP contribution in [-0.2, 0) is 4.57 Å². The Balaban J connectivity index is 2.83. The van der Waals surface area contributed by atoms with Crippen LogP contribution in [0.25, 0.3) is 11.0 Å². The minimum Gasteiger partial charge on any atom is -0.422 e. The third-order valence-electron chi connectivity index (χ3n) is 2.19. The van der Waals surface area contributed by atoms with Crippen molar-refractivity contribution in [1.29, 1.82) is 0 Å². The summed E-state index contributed by atoms with van der Waals surface area (Å²) < 4.78 is 15.9. The molecule has 0 aliphatic heterocycles. The highest BCUT2D eigenvalue weighted by Gasteiger charge is 2.23. The van der Waals surface area contributed by atoms with E-state index in [2.05, 4.69) is 0 Å². The predicted molar refractivity (Wildman–Crippen MR) is 58.9 cm³/mol. The quantitative estimate of drug-likeness (QED) is 0.571. The zero-order chi connectivity index (χ0) is 11.9. The van der Waals surface area contributed by atoms with Gasteiger partial charge in [-0.1, -0.05) is 12.1 Å². The van der Waals surface area contributed by atoms with Crippen LogP contribution in [0.1, 0.15) is 5.56 Å². The fourth-order valence-corrected chi connectivity index (χ4v) is 2.00. The van der Waals surface area contributed by atoms with Crippen LogP contribution in [0.5, 0.6) is 0 Å². The van der Waals surface area contributed by atoms with Gasteiger partial charge in [0.05, 0.1) is 0 Å². The smallest absolute Gasteiger partial charge is 0.363 e. The van der Waals surface area contributed by atoms with Crippen LogP contribution in [0, 0.1) is 6.92 Å². The monoisotopic (exact) mass is 240 g/mol. The third kappa shape index (κ3) is 1.93. The van der Waals surface area contributed by atoms with Gasteiger partial charge >= 0.3 is 13.2 Å². The average Bonchev–Trinajstić information content (AvgIpc) is 2.14. The Morgan fingerprint density at radius 2 is 1.94 bits per heavy atom. The summed E-state index contributed by atoms with van der Waals surface area (Å²) in [5, 5.41) is -0.118. The molecule has 1 aromatic heterocycles. The van der Waals surface area contributed by atoms with Crippen LogP contribution in [-0.4, -0.2) is 9.79 Å². The molecular weight excluding hydrogens is 231 g/mol. The van der Waals surface area contributed by atoms with Crippen LogP contribution < -0.4 is 10.9 Å². The molecule has 0 radical (unpaired) electrons. The number of hydrogen-bond acceptors (Lipinski definition) is 3. The third-order valence-corrected chi connectivity index (χ3v) is 3.13. The molecule has 0 fully saturated rings. The number of benzene rings is 1. The van der Waals surface area contributed by atoms with Crippen LogP contribution in [0.4, 0.5) is 0 Å². The van der Waals surface area contributed by atoms with Crippen LogP contribution in [0.15, 0.2) is 33.5 Å². The van der Waals surface area contributed by atoms with Gasteiger partial charge in [-0.15, -0.1) is 0 Å². The largest absolute Gasteiger partial charge is 0.422 e. The van der Waals surface area contributed by atoms with Crippen LogP contribution >= 0.6 is 7.60 Å². The molecule has 2 N–H and O–H groups in total. The van der Waals surface area contributed by atoms with Gasteiger partial charge in [-0.25, -0.2) is 4.79 Å². The van der Waals surface area contributed by atoms with Gasteiger partial charge in [-0.05, 0) is 24.6 Å². The molecule has 2 aromatic rings. The Hall–Kier alpha value is -1.42. The summed E-state index contributed by atoms with van der Waals surface area (Å²) in [4.78, 5) is 29.2.